The first-order valence-electron chi connectivity index (χ1n) is 6.52. The molecule has 3 aromatic heterocycles. The summed E-state index contributed by atoms with van der Waals surface area (Å²) in [7, 11) is 0. The Balaban J connectivity index is 1.79. The Bertz CT molecular complexity index is 901. The minimum Gasteiger partial charge on any atom is -0.364 e. The normalized spacial score (nSPS) is 11.0. The number of nitrogens with one attached hydrogen (secondary N) is 1. The number of anilines is 1. The molecule has 0 fully saturated rings. The van der Waals surface area contributed by atoms with Crippen LogP contribution in [0.4, 0.5) is 5.82 Å². The minimum absolute atomic E-state index is 0.653. The molecule has 0 saturated carbocycles. The fourth-order valence-electron chi connectivity index (χ4n) is 2.26. The quantitative estimate of drug-likeness (QED) is 0.613. The van der Waals surface area contributed by atoms with E-state index in [1.807, 2.05) is 36.4 Å². The Kier molecular flexibility index (Phi) is 2.67. The predicted octanol–water partition coefficient (Wildman–Crippen LogP) is 1.68. The average molecular weight is 277 g/mol. The third kappa shape index (κ3) is 2.04. The Hall–Kier alpha value is -3.09. The van der Waals surface area contributed by atoms with E-state index in [-0.39, 0.29) is 0 Å². The van der Waals surface area contributed by atoms with Crippen molar-refractivity contribution in [1.82, 2.24) is 30.2 Å². The molecule has 7 heteroatoms. The van der Waals surface area contributed by atoms with Crippen molar-refractivity contribution in [2.75, 3.05) is 5.32 Å². The molecule has 4 rings (SSSR count). The van der Waals surface area contributed by atoms with E-state index in [1.165, 1.54) is 4.63 Å². The van der Waals surface area contributed by atoms with Gasteiger partial charge >= 0.3 is 0 Å². The van der Waals surface area contributed by atoms with Crippen LogP contribution in [0.1, 0.15) is 5.56 Å². The van der Waals surface area contributed by atoms with Crippen LogP contribution < -0.4 is 5.32 Å². The van der Waals surface area contributed by atoms with Gasteiger partial charge in [-0.3, -0.25) is 4.98 Å². The lowest BCUT2D eigenvalue weighted by atomic mass is 10.2. The average Bonchev–Trinajstić information content (AvgIpc) is 3.02. The number of pyridine rings is 1. The zero-order chi connectivity index (χ0) is 14.1. The zero-order valence-electron chi connectivity index (χ0n) is 11.0. The molecule has 0 saturated heterocycles. The van der Waals surface area contributed by atoms with E-state index in [4.69, 9.17) is 0 Å². The number of nitrogens with zero attached hydrogens (tertiary/aromatic N) is 6. The molecule has 0 aliphatic carbocycles. The van der Waals surface area contributed by atoms with Gasteiger partial charge in [-0.15, -0.1) is 14.8 Å². The van der Waals surface area contributed by atoms with Crippen LogP contribution in [0, 0.1) is 0 Å². The van der Waals surface area contributed by atoms with Crippen molar-refractivity contribution in [2.24, 2.45) is 0 Å². The first-order valence-corrected chi connectivity index (χ1v) is 6.52. The molecule has 0 radical (unpaired) electrons. The van der Waals surface area contributed by atoms with Gasteiger partial charge in [0.15, 0.2) is 5.82 Å². The van der Waals surface area contributed by atoms with Crippen molar-refractivity contribution in [3.8, 4) is 0 Å². The summed E-state index contributed by atoms with van der Waals surface area (Å²) in [6.07, 6.45) is 3.54. The fraction of sp³-hybridized carbons (Fsp3) is 0.0714. The van der Waals surface area contributed by atoms with E-state index in [9.17, 15) is 0 Å². The van der Waals surface area contributed by atoms with Crippen molar-refractivity contribution >= 4 is 22.2 Å². The maximum absolute atomic E-state index is 4.43. The monoisotopic (exact) mass is 277 g/mol. The second-order valence-electron chi connectivity index (χ2n) is 4.60. The first kappa shape index (κ1) is 11.7. The minimum atomic E-state index is 0.653. The molecule has 0 amide bonds. The fourth-order valence-corrected chi connectivity index (χ4v) is 2.26. The summed E-state index contributed by atoms with van der Waals surface area (Å²) in [5.41, 5.74) is 1.78. The van der Waals surface area contributed by atoms with E-state index in [2.05, 4.69) is 30.9 Å². The van der Waals surface area contributed by atoms with Gasteiger partial charge in [0, 0.05) is 29.7 Å². The molecular weight excluding hydrogens is 266 g/mol. The third-order valence-electron chi connectivity index (χ3n) is 3.28. The van der Waals surface area contributed by atoms with Crippen molar-refractivity contribution < 1.29 is 0 Å². The summed E-state index contributed by atoms with van der Waals surface area (Å²) in [6, 6.07) is 11.9. The lowest BCUT2D eigenvalue weighted by Crippen LogP contribution is -2.06. The van der Waals surface area contributed by atoms with Crippen LogP contribution in [-0.2, 0) is 6.54 Å². The SMILES string of the molecule is c1ccc2c(c1)c(NCc1ccncc1)nn1nnnc21. The van der Waals surface area contributed by atoms with Gasteiger partial charge in [-0.25, -0.2) is 0 Å². The molecule has 3 heterocycles. The van der Waals surface area contributed by atoms with Gasteiger partial charge in [-0.2, -0.15) is 0 Å². The summed E-state index contributed by atoms with van der Waals surface area (Å²) in [6.45, 7) is 0.660. The van der Waals surface area contributed by atoms with E-state index >= 15 is 0 Å². The lowest BCUT2D eigenvalue weighted by molar-refractivity contribution is 0.737. The highest BCUT2D eigenvalue weighted by atomic mass is 15.6. The first-order chi connectivity index (χ1) is 10.4. The van der Waals surface area contributed by atoms with E-state index < -0.39 is 0 Å². The Morgan fingerprint density at radius 2 is 1.81 bits per heavy atom. The molecule has 0 unspecified atom stereocenters. The van der Waals surface area contributed by atoms with Gasteiger partial charge in [-0.05, 0) is 28.1 Å². The van der Waals surface area contributed by atoms with Crippen LogP contribution in [0.5, 0.6) is 0 Å². The Morgan fingerprint density at radius 3 is 2.67 bits per heavy atom. The van der Waals surface area contributed by atoms with Crippen molar-refractivity contribution in [3.05, 3.63) is 54.4 Å². The summed E-state index contributed by atoms with van der Waals surface area (Å²) in [5, 5.41) is 21.3. The number of tetrazole rings is 1. The topological polar surface area (TPSA) is 80.9 Å². The second-order valence-corrected chi connectivity index (χ2v) is 4.60. The number of hydrogen-bond acceptors (Lipinski definition) is 6. The maximum Gasteiger partial charge on any atom is 0.207 e. The van der Waals surface area contributed by atoms with Crippen LogP contribution in [0.2, 0.25) is 0 Å². The van der Waals surface area contributed by atoms with Crippen molar-refractivity contribution in [1.29, 1.82) is 0 Å². The summed E-state index contributed by atoms with van der Waals surface area (Å²) >= 11 is 0. The van der Waals surface area contributed by atoms with Crippen LogP contribution in [0.3, 0.4) is 0 Å². The van der Waals surface area contributed by atoms with Crippen molar-refractivity contribution in [3.63, 3.8) is 0 Å². The molecular formula is C14H11N7. The van der Waals surface area contributed by atoms with Gasteiger partial charge in [-0.1, -0.05) is 24.3 Å². The highest BCUT2D eigenvalue weighted by Gasteiger charge is 2.10. The van der Waals surface area contributed by atoms with Crippen molar-refractivity contribution in [2.45, 2.75) is 6.54 Å². The van der Waals surface area contributed by atoms with E-state index in [1.54, 1.807) is 12.4 Å². The van der Waals surface area contributed by atoms with Gasteiger partial charge in [0.05, 0.1) is 0 Å². The molecule has 0 aliphatic heterocycles. The number of benzene rings is 1. The molecule has 0 atom stereocenters. The summed E-state index contributed by atoms with van der Waals surface area (Å²) < 4.78 is 1.44. The number of hydrogen-bond donors (Lipinski definition) is 1. The summed E-state index contributed by atoms with van der Waals surface area (Å²) in [5.74, 6) is 0.752. The molecule has 0 aliphatic rings. The Morgan fingerprint density at radius 1 is 1.00 bits per heavy atom. The van der Waals surface area contributed by atoms with Gasteiger partial charge < -0.3 is 5.32 Å². The highest BCUT2D eigenvalue weighted by Crippen LogP contribution is 2.23. The highest BCUT2D eigenvalue weighted by molar-refractivity contribution is 5.99. The number of fused-ring (bicyclic) bond motifs is 3. The molecule has 4 aromatic rings. The van der Waals surface area contributed by atoms with Gasteiger partial charge in [0.25, 0.3) is 0 Å². The largest absolute Gasteiger partial charge is 0.364 e. The van der Waals surface area contributed by atoms with Crippen LogP contribution in [-0.4, -0.2) is 30.2 Å². The smallest absolute Gasteiger partial charge is 0.207 e. The molecule has 1 aromatic carbocycles. The number of aromatic nitrogens is 6. The molecule has 102 valence electrons. The lowest BCUT2D eigenvalue weighted by Gasteiger charge is -2.08. The van der Waals surface area contributed by atoms with Crippen LogP contribution >= 0.6 is 0 Å². The molecule has 0 bridgehead atoms. The standard InChI is InChI=1S/C14H11N7/c1-2-4-12-11(3-1)13(18-21-14(12)17-19-20-21)16-9-10-5-7-15-8-6-10/h1-8H,9H2,(H,16,18). The second kappa shape index (κ2) is 4.78. The maximum atomic E-state index is 4.43. The van der Waals surface area contributed by atoms with Crippen LogP contribution in [0.15, 0.2) is 48.8 Å². The molecule has 0 spiro atoms. The molecule has 7 nitrogen and oxygen atoms in total. The molecule has 21 heavy (non-hydrogen) atoms. The summed E-state index contributed by atoms with van der Waals surface area (Å²) in [4.78, 5) is 4.01. The predicted molar refractivity (Wildman–Crippen MR) is 77.6 cm³/mol. The van der Waals surface area contributed by atoms with Gasteiger partial charge in [0.2, 0.25) is 5.65 Å². The Labute approximate surface area is 119 Å². The number of rotatable bonds is 3. The molecule has 1 N–H and O–H groups in total. The van der Waals surface area contributed by atoms with E-state index in [0.717, 1.165) is 22.2 Å². The van der Waals surface area contributed by atoms with Crippen LogP contribution in [0.25, 0.3) is 16.4 Å². The zero-order valence-corrected chi connectivity index (χ0v) is 11.0. The third-order valence-corrected chi connectivity index (χ3v) is 3.28. The van der Waals surface area contributed by atoms with E-state index in [0.29, 0.717) is 12.2 Å². The van der Waals surface area contributed by atoms with Gasteiger partial charge in [0.1, 0.15) is 0 Å².